The number of anilines is 2. The van der Waals surface area contributed by atoms with Gasteiger partial charge in [0.05, 0.1) is 13.7 Å². The molecule has 23 heavy (non-hydrogen) atoms. The van der Waals surface area contributed by atoms with Crippen LogP contribution in [0.25, 0.3) is 0 Å². The first-order chi connectivity index (χ1) is 11.0. The van der Waals surface area contributed by atoms with Gasteiger partial charge in [-0.3, -0.25) is 0 Å². The largest absolute Gasteiger partial charge is 0.497 e. The summed E-state index contributed by atoms with van der Waals surface area (Å²) < 4.78 is 5.12. The summed E-state index contributed by atoms with van der Waals surface area (Å²) in [6, 6.07) is 8.71. The zero-order valence-corrected chi connectivity index (χ0v) is 13.8. The van der Waals surface area contributed by atoms with Gasteiger partial charge in [-0.15, -0.1) is 0 Å². The molecular weight excluding hydrogens is 294 g/mol. The first-order valence-electron chi connectivity index (χ1n) is 7.18. The number of rotatable bonds is 5. The van der Waals surface area contributed by atoms with Crippen LogP contribution in [0.4, 0.5) is 16.3 Å². The van der Waals surface area contributed by atoms with Crippen molar-refractivity contribution in [3.8, 4) is 5.75 Å². The maximum Gasteiger partial charge on any atom is 0.319 e. The molecule has 1 aromatic carbocycles. The second-order valence-electron chi connectivity index (χ2n) is 5.22. The van der Waals surface area contributed by atoms with Crippen molar-refractivity contribution >= 4 is 17.5 Å². The van der Waals surface area contributed by atoms with E-state index in [0.717, 1.165) is 11.5 Å². The lowest BCUT2D eigenvalue weighted by molar-refractivity contribution is 0.251. The Morgan fingerprint density at radius 1 is 1.26 bits per heavy atom. The molecule has 2 aromatic rings. The topological polar surface area (TPSA) is 79.4 Å². The van der Waals surface area contributed by atoms with Crippen molar-refractivity contribution in [3.63, 3.8) is 0 Å². The monoisotopic (exact) mass is 315 g/mol. The second-order valence-corrected chi connectivity index (χ2v) is 5.22. The Kier molecular flexibility index (Phi) is 5.35. The van der Waals surface area contributed by atoms with Crippen LogP contribution in [0.3, 0.4) is 0 Å². The highest BCUT2D eigenvalue weighted by Gasteiger charge is 2.07. The lowest BCUT2D eigenvalue weighted by Gasteiger charge is -2.13. The highest BCUT2D eigenvalue weighted by Crippen LogP contribution is 2.16. The SMILES string of the molecule is COc1cccc(NC(=O)NCc2nc(C)cc(N(C)C)n2)c1. The number of aromatic nitrogens is 2. The van der Waals surface area contributed by atoms with E-state index in [-0.39, 0.29) is 12.6 Å². The van der Waals surface area contributed by atoms with Gasteiger partial charge < -0.3 is 20.3 Å². The smallest absolute Gasteiger partial charge is 0.319 e. The summed E-state index contributed by atoms with van der Waals surface area (Å²) in [5.41, 5.74) is 1.51. The van der Waals surface area contributed by atoms with Crippen molar-refractivity contribution in [3.05, 3.63) is 41.9 Å². The second kappa shape index (κ2) is 7.44. The summed E-state index contributed by atoms with van der Waals surface area (Å²) in [5.74, 6) is 2.05. The van der Waals surface area contributed by atoms with Crippen LogP contribution < -0.4 is 20.3 Å². The van der Waals surface area contributed by atoms with Gasteiger partial charge in [-0.2, -0.15) is 0 Å². The van der Waals surface area contributed by atoms with E-state index in [1.807, 2.05) is 44.1 Å². The molecule has 0 bridgehead atoms. The first-order valence-corrected chi connectivity index (χ1v) is 7.18. The molecule has 7 nitrogen and oxygen atoms in total. The Morgan fingerprint density at radius 2 is 2.04 bits per heavy atom. The van der Waals surface area contributed by atoms with Gasteiger partial charge in [0.15, 0.2) is 0 Å². The van der Waals surface area contributed by atoms with Gasteiger partial charge in [0, 0.05) is 37.6 Å². The van der Waals surface area contributed by atoms with Gasteiger partial charge in [0.25, 0.3) is 0 Å². The van der Waals surface area contributed by atoms with Crippen LogP contribution in [0.1, 0.15) is 11.5 Å². The Morgan fingerprint density at radius 3 is 2.74 bits per heavy atom. The molecule has 0 saturated heterocycles. The van der Waals surface area contributed by atoms with Gasteiger partial charge in [-0.1, -0.05) is 6.07 Å². The van der Waals surface area contributed by atoms with Crippen LogP contribution in [0.15, 0.2) is 30.3 Å². The minimum atomic E-state index is -0.324. The molecule has 0 saturated carbocycles. The van der Waals surface area contributed by atoms with Crippen molar-refractivity contribution in [1.82, 2.24) is 15.3 Å². The third-order valence-electron chi connectivity index (χ3n) is 3.08. The molecular formula is C16H21N5O2. The Labute approximate surface area is 135 Å². The van der Waals surface area contributed by atoms with Gasteiger partial charge in [-0.25, -0.2) is 14.8 Å². The summed E-state index contributed by atoms with van der Waals surface area (Å²) >= 11 is 0. The molecule has 0 aliphatic rings. The third kappa shape index (κ3) is 4.84. The fraction of sp³-hybridized carbons (Fsp3) is 0.312. The molecule has 2 rings (SSSR count). The zero-order valence-electron chi connectivity index (χ0n) is 13.8. The minimum Gasteiger partial charge on any atom is -0.497 e. The molecule has 0 atom stereocenters. The molecule has 0 radical (unpaired) electrons. The summed E-state index contributed by atoms with van der Waals surface area (Å²) in [6.07, 6.45) is 0. The normalized spacial score (nSPS) is 10.1. The number of carbonyl (C=O) groups is 1. The number of benzene rings is 1. The predicted molar refractivity (Wildman–Crippen MR) is 89.9 cm³/mol. The van der Waals surface area contributed by atoms with Crippen molar-refractivity contribution in [2.24, 2.45) is 0 Å². The molecule has 1 aromatic heterocycles. The van der Waals surface area contributed by atoms with Gasteiger partial charge in [0.1, 0.15) is 17.4 Å². The molecule has 0 aliphatic heterocycles. The van der Waals surface area contributed by atoms with Gasteiger partial charge in [0.2, 0.25) is 0 Å². The zero-order chi connectivity index (χ0) is 16.8. The number of nitrogens with zero attached hydrogens (tertiary/aromatic N) is 3. The lowest BCUT2D eigenvalue weighted by atomic mass is 10.3. The van der Waals surface area contributed by atoms with Crippen molar-refractivity contribution < 1.29 is 9.53 Å². The average Bonchev–Trinajstić information content (AvgIpc) is 2.52. The van der Waals surface area contributed by atoms with E-state index in [1.54, 1.807) is 19.2 Å². The number of methoxy groups -OCH3 is 1. The molecule has 2 N–H and O–H groups in total. The molecule has 122 valence electrons. The van der Waals surface area contributed by atoms with E-state index >= 15 is 0 Å². The van der Waals surface area contributed by atoms with Crippen LogP contribution in [0, 0.1) is 6.92 Å². The number of hydrogen-bond donors (Lipinski definition) is 2. The van der Waals surface area contributed by atoms with E-state index in [2.05, 4.69) is 20.6 Å². The van der Waals surface area contributed by atoms with E-state index in [9.17, 15) is 4.79 Å². The van der Waals surface area contributed by atoms with Gasteiger partial charge >= 0.3 is 6.03 Å². The number of aryl methyl sites for hydroxylation is 1. The number of nitrogens with one attached hydrogen (secondary N) is 2. The fourth-order valence-corrected chi connectivity index (χ4v) is 1.96. The summed E-state index contributed by atoms with van der Waals surface area (Å²) in [7, 11) is 5.40. The number of urea groups is 1. The van der Waals surface area contributed by atoms with Crippen LogP contribution in [0.5, 0.6) is 5.75 Å². The van der Waals surface area contributed by atoms with Crippen molar-refractivity contribution in [2.45, 2.75) is 13.5 Å². The third-order valence-corrected chi connectivity index (χ3v) is 3.08. The average molecular weight is 315 g/mol. The number of carbonyl (C=O) groups excluding carboxylic acids is 1. The van der Waals surface area contributed by atoms with Crippen LogP contribution in [-0.2, 0) is 6.54 Å². The maximum atomic E-state index is 12.0. The lowest BCUT2D eigenvalue weighted by Crippen LogP contribution is -2.29. The van der Waals surface area contributed by atoms with Crippen molar-refractivity contribution in [1.29, 1.82) is 0 Å². The fourth-order valence-electron chi connectivity index (χ4n) is 1.96. The minimum absolute atomic E-state index is 0.248. The Bertz CT molecular complexity index is 688. The standard InChI is InChI=1S/C16H21N5O2/c1-11-8-15(21(2)3)20-14(18-11)10-17-16(22)19-12-6-5-7-13(9-12)23-4/h5-9H,10H2,1-4H3,(H2,17,19,22). The predicted octanol–water partition coefficient (Wildman–Crippen LogP) is 2.18. The van der Waals surface area contributed by atoms with Crippen LogP contribution in [-0.4, -0.2) is 37.2 Å². The quantitative estimate of drug-likeness (QED) is 0.884. The Hall–Kier alpha value is -2.83. The summed E-state index contributed by atoms with van der Waals surface area (Å²) in [5, 5.41) is 5.49. The van der Waals surface area contributed by atoms with E-state index in [4.69, 9.17) is 4.74 Å². The molecule has 7 heteroatoms. The summed E-state index contributed by atoms with van der Waals surface area (Å²) in [4.78, 5) is 22.6. The highest BCUT2D eigenvalue weighted by atomic mass is 16.5. The van der Waals surface area contributed by atoms with Gasteiger partial charge in [-0.05, 0) is 19.1 Å². The molecule has 0 spiro atoms. The number of amides is 2. The molecule has 0 aliphatic carbocycles. The summed E-state index contributed by atoms with van der Waals surface area (Å²) in [6.45, 7) is 2.15. The van der Waals surface area contributed by atoms with Crippen molar-refractivity contribution in [2.75, 3.05) is 31.4 Å². The highest BCUT2D eigenvalue weighted by molar-refractivity contribution is 5.89. The Balaban J connectivity index is 1.96. The molecule has 0 unspecified atom stereocenters. The molecule has 0 fully saturated rings. The van der Waals surface area contributed by atoms with Crippen LogP contribution in [0.2, 0.25) is 0 Å². The van der Waals surface area contributed by atoms with Crippen LogP contribution >= 0.6 is 0 Å². The maximum absolute atomic E-state index is 12.0. The molecule has 2 amide bonds. The first kappa shape index (κ1) is 16.5. The van der Waals surface area contributed by atoms with E-state index in [1.165, 1.54) is 0 Å². The number of ether oxygens (including phenoxy) is 1. The van der Waals surface area contributed by atoms with E-state index < -0.39 is 0 Å². The number of hydrogen-bond acceptors (Lipinski definition) is 5. The molecule has 1 heterocycles. The van der Waals surface area contributed by atoms with E-state index in [0.29, 0.717) is 17.3 Å².